The van der Waals surface area contributed by atoms with Crippen LogP contribution in [0.1, 0.15) is 34.0 Å². The molecule has 1 aromatic carbocycles. The van der Waals surface area contributed by atoms with Crippen molar-refractivity contribution < 1.29 is 14.3 Å². The minimum absolute atomic E-state index is 0.0766. The molecule has 7 aromatic rings. The lowest BCUT2D eigenvalue weighted by molar-refractivity contribution is -0.117. The van der Waals surface area contributed by atoms with E-state index in [2.05, 4.69) is 40.4 Å². The Bertz CT molecular complexity index is 2350. The smallest absolute Gasteiger partial charge is 0.253 e. The van der Waals surface area contributed by atoms with Crippen molar-refractivity contribution in [3.63, 3.8) is 0 Å². The van der Waals surface area contributed by atoms with Gasteiger partial charge in [0.2, 0.25) is 11.8 Å². The molecule has 0 unspecified atom stereocenters. The zero-order chi connectivity index (χ0) is 37.5. The van der Waals surface area contributed by atoms with Gasteiger partial charge in [0.15, 0.2) is 11.6 Å². The van der Waals surface area contributed by atoms with Crippen molar-refractivity contribution in [2.45, 2.75) is 40.5 Å². The molecule has 268 valence electrons. The van der Waals surface area contributed by atoms with Crippen LogP contribution in [0.4, 0.5) is 5.82 Å². The van der Waals surface area contributed by atoms with E-state index < -0.39 is 5.91 Å². The SMILES string of the molecule is COc1ccc(CC(=O)Nc2cc(-c3cccnc3)nc(-n3nc(C)cc3C)n2)cc1.Cc1cc(C)n(-c2cc(CC(N)=O)nc(-c3cccs3)n2)n1. The quantitative estimate of drug-likeness (QED) is 0.181. The van der Waals surface area contributed by atoms with Crippen LogP contribution < -0.4 is 15.8 Å². The number of primary amides is 1. The Morgan fingerprint density at radius 1 is 0.830 bits per heavy atom. The predicted octanol–water partition coefficient (Wildman–Crippen LogP) is 5.57. The molecule has 0 aliphatic carbocycles. The summed E-state index contributed by atoms with van der Waals surface area (Å²) in [4.78, 5) is 47.2. The topological polar surface area (TPSA) is 182 Å². The summed E-state index contributed by atoms with van der Waals surface area (Å²) in [5.74, 6) is 2.14. The highest BCUT2D eigenvalue weighted by Gasteiger charge is 2.15. The largest absolute Gasteiger partial charge is 0.497 e. The van der Waals surface area contributed by atoms with Gasteiger partial charge in [0.25, 0.3) is 5.95 Å². The van der Waals surface area contributed by atoms with Gasteiger partial charge in [-0.1, -0.05) is 18.2 Å². The highest BCUT2D eigenvalue weighted by molar-refractivity contribution is 7.13. The molecule has 0 fully saturated rings. The maximum atomic E-state index is 12.7. The van der Waals surface area contributed by atoms with Crippen LogP contribution in [0.5, 0.6) is 5.75 Å². The molecule has 0 aliphatic heterocycles. The number of aromatic nitrogens is 9. The predicted molar refractivity (Wildman–Crippen MR) is 202 cm³/mol. The van der Waals surface area contributed by atoms with Crippen LogP contribution >= 0.6 is 11.3 Å². The first-order valence-electron chi connectivity index (χ1n) is 16.5. The van der Waals surface area contributed by atoms with Crippen molar-refractivity contribution in [3.8, 4) is 39.5 Å². The molecular weight excluding hydrogens is 691 g/mol. The highest BCUT2D eigenvalue weighted by Crippen LogP contribution is 2.24. The van der Waals surface area contributed by atoms with Crippen LogP contribution in [0.25, 0.3) is 33.7 Å². The molecule has 15 heteroatoms. The normalized spacial score (nSPS) is 10.7. The standard InChI is InChI=1S/C23H22N6O2.C15H15N5OS/c1-15-11-16(2)29(28-15)23-25-20(18-5-4-10-24-14-18)13-21(27-23)26-22(30)12-17-6-8-19(31-3)9-7-17;1-9-6-10(2)20(19-9)14-8-11(7-13(16)21)17-15(18-14)12-4-3-5-22-12/h4-11,13-14H,12H2,1-3H3,(H,25,26,27,30);3-6,8H,7H2,1-2H3,(H2,16,21). The first kappa shape index (κ1) is 36.2. The molecule has 0 saturated heterocycles. The van der Waals surface area contributed by atoms with Crippen molar-refractivity contribution in [2.75, 3.05) is 12.4 Å². The molecule has 3 N–H and O–H groups in total. The van der Waals surface area contributed by atoms with Gasteiger partial charge >= 0.3 is 0 Å². The van der Waals surface area contributed by atoms with E-state index in [9.17, 15) is 9.59 Å². The molecular formula is C38H37N11O3S. The fourth-order valence-electron chi connectivity index (χ4n) is 5.44. The Hall–Kier alpha value is -6.61. The number of pyridine rings is 1. The van der Waals surface area contributed by atoms with Crippen molar-refractivity contribution in [1.29, 1.82) is 0 Å². The maximum Gasteiger partial charge on any atom is 0.253 e. The number of nitrogens with one attached hydrogen (secondary N) is 1. The van der Waals surface area contributed by atoms with E-state index in [0.717, 1.165) is 44.5 Å². The van der Waals surface area contributed by atoms with Crippen LogP contribution in [0.15, 0.2) is 90.6 Å². The number of aryl methyl sites for hydroxylation is 4. The summed E-state index contributed by atoms with van der Waals surface area (Å²) in [5, 5.41) is 13.8. The third kappa shape index (κ3) is 9.20. The van der Waals surface area contributed by atoms with Crippen molar-refractivity contribution in [3.05, 3.63) is 125 Å². The molecule has 0 radical (unpaired) electrons. The third-order valence-corrected chi connectivity index (χ3v) is 8.62. The van der Waals surface area contributed by atoms with Crippen molar-refractivity contribution in [2.24, 2.45) is 5.73 Å². The first-order chi connectivity index (χ1) is 25.5. The minimum atomic E-state index is -0.421. The highest BCUT2D eigenvalue weighted by atomic mass is 32.1. The van der Waals surface area contributed by atoms with Gasteiger partial charge in [0.05, 0.1) is 47.6 Å². The van der Waals surface area contributed by atoms with E-state index in [0.29, 0.717) is 34.8 Å². The number of carbonyl (C=O) groups excluding carboxylic acids is 2. The molecule has 0 atom stereocenters. The molecule has 0 aliphatic rings. The number of hydrogen-bond acceptors (Lipinski definition) is 11. The lowest BCUT2D eigenvalue weighted by atomic mass is 10.1. The Labute approximate surface area is 309 Å². The summed E-state index contributed by atoms with van der Waals surface area (Å²) in [6.07, 6.45) is 3.71. The second-order valence-corrected chi connectivity index (χ2v) is 13.0. The van der Waals surface area contributed by atoms with Crippen LogP contribution in [-0.2, 0) is 22.4 Å². The van der Waals surface area contributed by atoms with E-state index in [1.807, 2.05) is 93.7 Å². The summed E-state index contributed by atoms with van der Waals surface area (Å²) in [6.45, 7) is 7.73. The number of ether oxygens (including phenoxy) is 1. The summed E-state index contributed by atoms with van der Waals surface area (Å²) in [6, 6.07) is 22.4. The lowest BCUT2D eigenvalue weighted by Gasteiger charge is -2.10. The summed E-state index contributed by atoms with van der Waals surface area (Å²) >= 11 is 1.55. The Kier molecular flexibility index (Phi) is 11.0. The monoisotopic (exact) mass is 727 g/mol. The second kappa shape index (κ2) is 16.2. The average Bonchev–Trinajstić information content (AvgIpc) is 3.88. The van der Waals surface area contributed by atoms with E-state index in [-0.39, 0.29) is 18.7 Å². The Morgan fingerprint density at radius 2 is 1.57 bits per heavy atom. The van der Waals surface area contributed by atoms with Gasteiger partial charge in [-0.15, -0.1) is 11.3 Å². The van der Waals surface area contributed by atoms with Gasteiger partial charge < -0.3 is 15.8 Å². The lowest BCUT2D eigenvalue weighted by Crippen LogP contribution is -2.17. The molecule has 2 amide bonds. The fourth-order valence-corrected chi connectivity index (χ4v) is 6.10. The molecule has 0 bridgehead atoms. The van der Waals surface area contributed by atoms with E-state index in [4.69, 9.17) is 10.5 Å². The molecule has 6 heterocycles. The maximum absolute atomic E-state index is 12.7. The van der Waals surface area contributed by atoms with Crippen LogP contribution in [0.3, 0.4) is 0 Å². The number of methoxy groups -OCH3 is 1. The van der Waals surface area contributed by atoms with E-state index >= 15 is 0 Å². The fraction of sp³-hybridized carbons (Fsp3) is 0.184. The number of amides is 2. The summed E-state index contributed by atoms with van der Waals surface area (Å²) in [5.41, 5.74) is 11.9. The molecule has 53 heavy (non-hydrogen) atoms. The van der Waals surface area contributed by atoms with E-state index in [1.54, 1.807) is 52.3 Å². The Balaban J connectivity index is 0.000000192. The van der Waals surface area contributed by atoms with Crippen molar-refractivity contribution in [1.82, 2.24) is 44.5 Å². The van der Waals surface area contributed by atoms with Crippen LogP contribution in [0, 0.1) is 27.7 Å². The molecule has 6 aromatic heterocycles. The number of nitrogens with two attached hydrogens (primary N) is 1. The zero-order valence-corrected chi connectivity index (χ0v) is 30.6. The van der Waals surface area contributed by atoms with Crippen molar-refractivity contribution >= 4 is 29.0 Å². The Morgan fingerprint density at radius 3 is 2.17 bits per heavy atom. The number of rotatable bonds is 10. The van der Waals surface area contributed by atoms with Gasteiger partial charge in [-0.05, 0) is 81.1 Å². The zero-order valence-electron chi connectivity index (χ0n) is 29.8. The van der Waals surface area contributed by atoms with E-state index in [1.165, 1.54) is 0 Å². The number of anilines is 1. The first-order valence-corrected chi connectivity index (χ1v) is 17.4. The van der Waals surface area contributed by atoms with Gasteiger partial charge in [-0.2, -0.15) is 15.2 Å². The number of benzene rings is 1. The molecule has 7 rings (SSSR count). The van der Waals surface area contributed by atoms with Crippen LogP contribution in [0.2, 0.25) is 0 Å². The third-order valence-electron chi connectivity index (χ3n) is 7.75. The van der Waals surface area contributed by atoms with Crippen LogP contribution in [-0.4, -0.2) is 63.4 Å². The summed E-state index contributed by atoms with van der Waals surface area (Å²) in [7, 11) is 1.61. The van der Waals surface area contributed by atoms with Gasteiger partial charge in [0, 0.05) is 41.5 Å². The second-order valence-electron chi connectivity index (χ2n) is 12.1. The number of hydrogen-bond donors (Lipinski definition) is 2. The molecule has 0 spiro atoms. The summed E-state index contributed by atoms with van der Waals surface area (Å²) < 4.78 is 8.57. The molecule has 14 nitrogen and oxygen atoms in total. The number of thiophene rings is 1. The average molecular weight is 728 g/mol. The van der Waals surface area contributed by atoms with Gasteiger partial charge in [-0.3, -0.25) is 14.6 Å². The minimum Gasteiger partial charge on any atom is -0.497 e. The number of carbonyl (C=O) groups is 2. The van der Waals surface area contributed by atoms with Gasteiger partial charge in [-0.25, -0.2) is 24.3 Å². The molecule has 0 saturated carbocycles. The van der Waals surface area contributed by atoms with Gasteiger partial charge in [0.1, 0.15) is 11.6 Å². The number of nitrogens with zero attached hydrogens (tertiary/aromatic N) is 9.